The van der Waals surface area contributed by atoms with Crippen LogP contribution in [0.25, 0.3) is 0 Å². The van der Waals surface area contributed by atoms with Gasteiger partial charge in [0.2, 0.25) is 0 Å². The third-order valence-corrected chi connectivity index (χ3v) is 4.90. The third-order valence-electron chi connectivity index (χ3n) is 4.90. The average Bonchev–Trinajstić information content (AvgIpc) is 2.92. The maximum Gasteiger partial charge on any atom is 0.251 e. The molecule has 0 aliphatic rings. The van der Waals surface area contributed by atoms with Crippen molar-refractivity contribution in [2.24, 2.45) is 12.0 Å². The Morgan fingerprint density at radius 2 is 2.07 bits per heavy atom. The Balaban J connectivity index is 1.87. The maximum atomic E-state index is 11.8. The molecule has 2 aromatic rings. The van der Waals surface area contributed by atoms with E-state index in [1.54, 1.807) is 14.1 Å². The number of nitrogens with one attached hydrogen (secondary N) is 3. The molecule has 2 rings (SSSR count). The van der Waals surface area contributed by atoms with E-state index in [-0.39, 0.29) is 11.9 Å². The van der Waals surface area contributed by atoms with E-state index >= 15 is 0 Å². The molecule has 1 unspecified atom stereocenters. The van der Waals surface area contributed by atoms with Gasteiger partial charge >= 0.3 is 0 Å². The zero-order valence-corrected chi connectivity index (χ0v) is 17.8. The summed E-state index contributed by atoms with van der Waals surface area (Å²) >= 11 is 0. The highest BCUT2D eigenvalue weighted by Gasteiger charge is 2.14. The van der Waals surface area contributed by atoms with Gasteiger partial charge in [-0.05, 0) is 56.9 Å². The van der Waals surface area contributed by atoms with Crippen LogP contribution in [0.2, 0.25) is 0 Å². The summed E-state index contributed by atoms with van der Waals surface area (Å²) in [4.78, 5) is 16.1. The topological polar surface area (TPSA) is 83.3 Å². The number of hydrogen-bond acceptors (Lipinski definition) is 3. The number of hydrogen-bond donors (Lipinski definition) is 3. The second-order valence-corrected chi connectivity index (χ2v) is 7.05. The molecule has 7 nitrogen and oxygen atoms in total. The first-order valence-corrected chi connectivity index (χ1v) is 9.63. The molecule has 152 valence electrons. The summed E-state index contributed by atoms with van der Waals surface area (Å²) in [5, 5.41) is 13.9. The van der Waals surface area contributed by atoms with E-state index in [1.165, 1.54) is 11.3 Å². The molecule has 0 saturated heterocycles. The Morgan fingerprint density at radius 3 is 2.68 bits per heavy atom. The Kier molecular flexibility index (Phi) is 7.61. The number of aromatic nitrogens is 2. The summed E-state index contributed by atoms with van der Waals surface area (Å²) in [6.07, 6.45) is 1.70. The van der Waals surface area contributed by atoms with Gasteiger partial charge in [0.1, 0.15) is 0 Å². The molecule has 0 radical (unpaired) electrons. The number of carbonyl (C=O) groups is 1. The number of rotatable bonds is 7. The van der Waals surface area contributed by atoms with Crippen LogP contribution in [0.15, 0.2) is 29.3 Å². The Hall–Kier alpha value is -2.83. The number of nitrogens with zero attached hydrogens (tertiary/aromatic N) is 3. The van der Waals surface area contributed by atoms with E-state index in [4.69, 9.17) is 0 Å². The molecule has 1 aromatic heterocycles. The van der Waals surface area contributed by atoms with Crippen molar-refractivity contribution in [2.45, 2.75) is 39.7 Å². The van der Waals surface area contributed by atoms with Crippen molar-refractivity contribution in [3.05, 3.63) is 52.3 Å². The minimum atomic E-state index is -0.0675. The number of aryl methyl sites for hydroxylation is 2. The number of amides is 1. The van der Waals surface area contributed by atoms with Crippen LogP contribution in [0, 0.1) is 13.8 Å². The molecule has 0 aliphatic heterocycles. The molecular formula is C21H32N6O. The van der Waals surface area contributed by atoms with Crippen molar-refractivity contribution >= 4 is 11.9 Å². The fourth-order valence-corrected chi connectivity index (χ4v) is 3.24. The predicted molar refractivity (Wildman–Crippen MR) is 114 cm³/mol. The summed E-state index contributed by atoms with van der Waals surface area (Å²) < 4.78 is 1.93. The van der Waals surface area contributed by atoms with Gasteiger partial charge in [-0.2, -0.15) is 5.10 Å². The number of carbonyl (C=O) groups excluding carboxylic acids is 1. The van der Waals surface area contributed by atoms with E-state index in [0.29, 0.717) is 5.56 Å². The molecule has 1 aromatic carbocycles. The molecule has 0 aliphatic carbocycles. The summed E-state index contributed by atoms with van der Waals surface area (Å²) in [6, 6.07) is 7.91. The minimum Gasteiger partial charge on any atom is -0.356 e. The SMILES string of the molecule is CN=C(NCCc1cccc(C(=O)NC)c1)NC(C)Cc1c(C)nn(C)c1C. The van der Waals surface area contributed by atoms with Gasteiger partial charge in [0.05, 0.1) is 5.69 Å². The predicted octanol–water partition coefficient (Wildman–Crippen LogP) is 1.74. The van der Waals surface area contributed by atoms with E-state index in [0.717, 1.165) is 36.6 Å². The molecule has 3 N–H and O–H groups in total. The lowest BCUT2D eigenvalue weighted by atomic mass is 10.1. The lowest BCUT2D eigenvalue weighted by Gasteiger charge is -2.18. The normalized spacial score (nSPS) is 12.6. The summed E-state index contributed by atoms with van der Waals surface area (Å²) in [5.74, 6) is 0.705. The highest BCUT2D eigenvalue weighted by Crippen LogP contribution is 2.14. The van der Waals surface area contributed by atoms with Gasteiger partial charge in [0.15, 0.2) is 5.96 Å². The summed E-state index contributed by atoms with van der Waals surface area (Å²) in [7, 11) is 5.39. The molecule has 1 heterocycles. The van der Waals surface area contributed by atoms with Crippen LogP contribution in [0.4, 0.5) is 0 Å². The van der Waals surface area contributed by atoms with Gasteiger partial charge in [-0.1, -0.05) is 12.1 Å². The standard InChI is InChI=1S/C21H32N6O/c1-14(12-19-15(2)26-27(6)16(19)3)25-21(23-5)24-11-10-17-8-7-9-18(13-17)20(28)22-4/h7-9,13-14H,10-12H2,1-6H3,(H,22,28)(H2,23,24,25). The molecule has 0 bridgehead atoms. The molecule has 0 saturated carbocycles. The van der Waals surface area contributed by atoms with Gasteiger partial charge in [-0.25, -0.2) is 0 Å². The second kappa shape index (κ2) is 9.92. The zero-order chi connectivity index (χ0) is 20.7. The minimum absolute atomic E-state index is 0.0675. The van der Waals surface area contributed by atoms with Crippen molar-refractivity contribution in [3.63, 3.8) is 0 Å². The Morgan fingerprint density at radius 1 is 1.32 bits per heavy atom. The molecule has 0 fully saturated rings. The zero-order valence-electron chi connectivity index (χ0n) is 17.8. The maximum absolute atomic E-state index is 11.8. The van der Waals surface area contributed by atoms with Crippen LogP contribution in [0.5, 0.6) is 0 Å². The van der Waals surface area contributed by atoms with E-state index in [1.807, 2.05) is 36.0 Å². The second-order valence-electron chi connectivity index (χ2n) is 7.05. The van der Waals surface area contributed by atoms with Crippen molar-refractivity contribution < 1.29 is 4.79 Å². The average molecular weight is 385 g/mol. The van der Waals surface area contributed by atoms with E-state index in [2.05, 4.69) is 46.8 Å². The van der Waals surface area contributed by atoms with Gasteiger partial charge in [0, 0.05) is 45.0 Å². The first-order chi connectivity index (χ1) is 13.3. The first kappa shape index (κ1) is 21.5. The Labute approximate surface area is 167 Å². The summed E-state index contributed by atoms with van der Waals surface area (Å²) in [5.41, 5.74) is 5.35. The molecular weight excluding hydrogens is 352 g/mol. The van der Waals surface area contributed by atoms with E-state index < -0.39 is 0 Å². The van der Waals surface area contributed by atoms with Crippen molar-refractivity contribution in [1.82, 2.24) is 25.7 Å². The lowest BCUT2D eigenvalue weighted by Crippen LogP contribution is -2.43. The van der Waals surface area contributed by atoms with Crippen LogP contribution in [0.3, 0.4) is 0 Å². The van der Waals surface area contributed by atoms with Gasteiger partial charge in [0.25, 0.3) is 5.91 Å². The largest absolute Gasteiger partial charge is 0.356 e. The molecule has 7 heteroatoms. The number of benzene rings is 1. The van der Waals surface area contributed by atoms with Crippen molar-refractivity contribution in [3.8, 4) is 0 Å². The monoisotopic (exact) mass is 384 g/mol. The van der Waals surface area contributed by atoms with Crippen molar-refractivity contribution in [2.75, 3.05) is 20.6 Å². The number of guanidine groups is 1. The molecule has 1 amide bonds. The molecule has 28 heavy (non-hydrogen) atoms. The van der Waals surface area contributed by atoms with Crippen LogP contribution in [0.1, 0.15) is 39.8 Å². The van der Waals surface area contributed by atoms with Crippen molar-refractivity contribution in [1.29, 1.82) is 0 Å². The fraction of sp³-hybridized carbons (Fsp3) is 0.476. The lowest BCUT2D eigenvalue weighted by molar-refractivity contribution is 0.0963. The smallest absolute Gasteiger partial charge is 0.251 e. The summed E-state index contributed by atoms with van der Waals surface area (Å²) in [6.45, 7) is 7.03. The molecule has 0 spiro atoms. The quantitative estimate of drug-likeness (QED) is 0.502. The third kappa shape index (κ3) is 5.58. The Bertz CT molecular complexity index is 839. The van der Waals surface area contributed by atoms with Gasteiger partial charge in [-0.15, -0.1) is 0 Å². The van der Waals surface area contributed by atoms with Crippen LogP contribution < -0.4 is 16.0 Å². The van der Waals surface area contributed by atoms with Crippen LogP contribution in [-0.4, -0.2) is 48.3 Å². The van der Waals surface area contributed by atoms with Crippen LogP contribution in [-0.2, 0) is 19.9 Å². The van der Waals surface area contributed by atoms with Crippen LogP contribution >= 0.6 is 0 Å². The molecule has 1 atom stereocenters. The highest BCUT2D eigenvalue weighted by molar-refractivity contribution is 5.94. The van der Waals surface area contributed by atoms with Gasteiger partial charge in [-0.3, -0.25) is 14.5 Å². The highest BCUT2D eigenvalue weighted by atomic mass is 16.1. The first-order valence-electron chi connectivity index (χ1n) is 9.63. The van der Waals surface area contributed by atoms with E-state index in [9.17, 15) is 4.79 Å². The fourth-order valence-electron chi connectivity index (χ4n) is 3.24. The van der Waals surface area contributed by atoms with Gasteiger partial charge < -0.3 is 16.0 Å². The number of aliphatic imine (C=N–C) groups is 1.